The van der Waals surface area contributed by atoms with E-state index in [0.29, 0.717) is 19.6 Å². The molecule has 0 spiro atoms. The van der Waals surface area contributed by atoms with Gasteiger partial charge >= 0.3 is 0 Å². The van der Waals surface area contributed by atoms with Crippen molar-refractivity contribution in [2.75, 3.05) is 19.0 Å². The molecule has 1 N–H and O–H groups in total. The highest BCUT2D eigenvalue weighted by Crippen LogP contribution is 2.18. The van der Waals surface area contributed by atoms with Gasteiger partial charge in [0.25, 0.3) is 0 Å². The Labute approximate surface area is 144 Å². The topological polar surface area (TPSA) is 55.4 Å². The van der Waals surface area contributed by atoms with Crippen LogP contribution in [0.1, 0.15) is 25.3 Å². The fraction of sp³-hybridized carbons (Fsp3) is 0.474. The van der Waals surface area contributed by atoms with Crippen molar-refractivity contribution < 1.29 is 13.2 Å². The van der Waals surface area contributed by atoms with Crippen LogP contribution in [-0.2, 0) is 21.2 Å². The zero-order valence-electron chi connectivity index (χ0n) is 14.1. The predicted molar refractivity (Wildman–Crippen MR) is 97.6 cm³/mol. The van der Waals surface area contributed by atoms with E-state index in [1.807, 2.05) is 19.1 Å². The summed E-state index contributed by atoms with van der Waals surface area (Å²) in [6.45, 7) is 3.27. The van der Waals surface area contributed by atoms with Gasteiger partial charge in [0.1, 0.15) is 0 Å². The van der Waals surface area contributed by atoms with Crippen LogP contribution < -0.4 is 4.72 Å². The minimum Gasteiger partial charge on any atom is -0.381 e. The van der Waals surface area contributed by atoms with Crippen molar-refractivity contribution in [1.29, 1.82) is 0 Å². The largest absolute Gasteiger partial charge is 0.381 e. The van der Waals surface area contributed by atoms with E-state index < -0.39 is 10.0 Å². The Morgan fingerprint density at radius 3 is 2.58 bits per heavy atom. The van der Waals surface area contributed by atoms with Crippen molar-refractivity contribution in [1.82, 2.24) is 4.72 Å². The summed E-state index contributed by atoms with van der Waals surface area (Å²) in [4.78, 5) is 0. The standard InChI is InChI=1S/C19H25NO3S/c1-15(20-24(21,22)14-16-8-10-23-11-9-16)12-17-6-7-18-4-2-3-5-19(18)13-17/h2-7,13,15-16,20H,8-12,14H2,1H3/t15-/m0/s1. The normalized spacial score (nSPS) is 17.9. The van der Waals surface area contributed by atoms with Crippen molar-refractivity contribution >= 4 is 20.8 Å². The van der Waals surface area contributed by atoms with Gasteiger partial charge in [-0.2, -0.15) is 0 Å². The number of nitrogens with one attached hydrogen (secondary N) is 1. The summed E-state index contributed by atoms with van der Waals surface area (Å²) in [6.07, 6.45) is 2.36. The molecular weight excluding hydrogens is 322 g/mol. The molecule has 4 nitrogen and oxygen atoms in total. The summed E-state index contributed by atoms with van der Waals surface area (Å²) >= 11 is 0. The Morgan fingerprint density at radius 2 is 1.83 bits per heavy atom. The first-order chi connectivity index (χ1) is 11.5. The molecule has 2 aromatic carbocycles. The van der Waals surface area contributed by atoms with Gasteiger partial charge in [-0.1, -0.05) is 42.5 Å². The van der Waals surface area contributed by atoms with Crippen LogP contribution in [0.2, 0.25) is 0 Å². The molecule has 0 amide bonds. The highest BCUT2D eigenvalue weighted by atomic mass is 32.2. The Kier molecular flexibility index (Phi) is 5.54. The number of rotatable bonds is 6. The van der Waals surface area contributed by atoms with Crippen LogP contribution >= 0.6 is 0 Å². The Balaban J connectivity index is 1.59. The lowest BCUT2D eigenvalue weighted by Crippen LogP contribution is -2.38. The summed E-state index contributed by atoms with van der Waals surface area (Å²) in [5.74, 6) is 0.419. The third-order valence-corrected chi connectivity index (χ3v) is 6.20. The van der Waals surface area contributed by atoms with Gasteiger partial charge in [-0.25, -0.2) is 13.1 Å². The molecule has 24 heavy (non-hydrogen) atoms. The van der Waals surface area contributed by atoms with Crippen molar-refractivity contribution in [3.8, 4) is 0 Å². The molecule has 0 aromatic heterocycles. The quantitative estimate of drug-likeness (QED) is 0.873. The van der Waals surface area contributed by atoms with Gasteiger partial charge in [0.2, 0.25) is 10.0 Å². The van der Waals surface area contributed by atoms with Gasteiger partial charge < -0.3 is 4.74 Å². The summed E-state index contributed by atoms with van der Waals surface area (Å²) in [5.41, 5.74) is 1.15. The maximum absolute atomic E-state index is 12.4. The van der Waals surface area contributed by atoms with Gasteiger partial charge in [-0.3, -0.25) is 0 Å². The summed E-state index contributed by atoms with van der Waals surface area (Å²) < 4.78 is 32.8. The lowest BCUT2D eigenvalue weighted by molar-refractivity contribution is 0.0723. The summed E-state index contributed by atoms with van der Waals surface area (Å²) in [6, 6.07) is 14.4. The molecule has 0 radical (unpaired) electrons. The Hall–Kier alpha value is -1.43. The molecular formula is C19H25NO3S. The smallest absolute Gasteiger partial charge is 0.212 e. The van der Waals surface area contributed by atoms with Crippen LogP contribution in [0.25, 0.3) is 10.8 Å². The monoisotopic (exact) mass is 347 g/mol. The molecule has 2 aromatic rings. The zero-order chi connectivity index (χ0) is 17.0. The van der Waals surface area contributed by atoms with Gasteiger partial charge in [0.05, 0.1) is 5.75 Å². The summed E-state index contributed by atoms with van der Waals surface area (Å²) in [7, 11) is -3.25. The highest BCUT2D eigenvalue weighted by molar-refractivity contribution is 7.89. The van der Waals surface area contributed by atoms with E-state index in [1.54, 1.807) is 0 Å². The number of ether oxygens (including phenoxy) is 1. The van der Waals surface area contributed by atoms with Crippen LogP contribution in [0.3, 0.4) is 0 Å². The Bertz CT molecular complexity index is 782. The molecule has 5 heteroatoms. The molecule has 1 aliphatic rings. The van der Waals surface area contributed by atoms with Crippen LogP contribution in [0.5, 0.6) is 0 Å². The first-order valence-corrected chi connectivity index (χ1v) is 10.2. The molecule has 1 aliphatic heterocycles. The van der Waals surface area contributed by atoms with E-state index in [0.717, 1.165) is 18.4 Å². The third-order valence-electron chi connectivity index (χ3n) is 4.53. The molecule has 1 atom stereocenters. The number of benzene rings is 2. The average molecular weight is 347 g/mol. The minimum absolute atomic E-state index is 0.115. The van der Waals surface area contributed by atoms with Crippen LogP contribution in [-0.4, -0.2) is 33.4 Å². The maximum atomic E-state index is 12.4. The molecule has 0 bridgehead atoms. The molecule has 0 aliphatic carbocycles. The fourth-order valence-electron chi connectivity index (χ4n) is 3.34. The number of hydrogen-bond donors (Lipinski definition) is 1. The van der Waals surface area contributed by atoms with E-state index in [9.17, 15) is 8.42 Å². The fourth-order valence-corrected chi connectivity index (χ4v) is 5.09. The highest BCUT2D eigenvalue weighted by Gasteiger charge is 2.23. The van der Waals surface area contributed by atoms with E-state index >= 15 is 0 Å². The lowest BCUT2D eigenvalue weighted by atomic mass is 10.0. The average Bonchev–Trinajstić information content (AvgIpc) is 2.54. The second kappa shape index (κ2) is 7.64. The molecule has 1 saturated heterocycles. The van der Waals surface area contributed by atoms with Crippen molar-refractivity contribution in [3.05, 3.63) is 48.0 Å². The van der Waals surface area contributed by atoms with E-state index in [-0.39, 0.29) is 17.7 Å². The van der Waals surface area contributed by atoms with Crippen LogP contribution in [0.15, 0.2) is 42.5 Å². The second-order valence-electron chi connectivity index (χ2n) is 6.74. The van der Waals surface area contributed by atoms with Crippen LogP contribution in [0.4, 0.5) is 0 Å². The molecule has 130 valence electrons. The lowest BCUT2D eigenvalue weighted by Gasteiger charge is -2.23. The number of sulfonamides is 1. The van der Waals surface area contributed by atoms with Gasteiger partial charge in [-0.05, 0) is 48.4 Å². The van der Waals surface area contributed by atoms with Gasteiger partial charge in [0.15, 0.2) is 0 Å². The van der Waals surface area contributed by atoms with Gasteiger partial charge in [0, 0.05) is 19.3 Å². The number of hydrogen-bond acceptors (Lipinski definition) is 3. The molecule has 0 unspecified atom stereocenters. The predicted octanol–water partition coefficient (Wildman–Crippen LogP) is 3.12. The zero-order valence-corrected chi connectivity index (χ0v) is 14.9. The van der Waals surface area contributed by atoms with Crippen LogP contribution in [0, 0.1) is 5.92 Å². The first kappa shape index (κ1) is 17.4. The molecule has 1 fully saturated rings. The van der Waals surface area contributed by atoms with Gasteiger partial charge in [-0.15, -0.1) is 0 Å². The van der Waals surface area contributed by atoms with Crippen molar-refractivity contribution in [2.45, 2.75) is 32.2 Å². The van der Waals surface area contributed by atoms with Crippen molar-refractivity contribution in [2.24, 2.45) is 5.92 Å². The SMILES string of the molecule is C[C@@H](Cc1ccc2ccccc2c1)NS(=O)(=O)CC1CCOCC1. The van der Waals surface area contributed by atoms with E-state index in [4.69, 9.17) is 4.74 Å². The molecule has 3 rings (SSSR count). The maximum Gasteiger partial charge on any atom is 0.212 e. The van der Waals surface area contributed by atoms with Crippen molar-refractivity contribution in [3.63, 3.8) is 0 Å². The third kappa shape index (κ3) is 4.79. The number of fused-ring (bicyclic) bond motifs is 1. The molecule has 1 heterocycles. The summed E-state index contributed by atoms with van der Waals surface area (Å²) in [5, 5.41) is 2.39. The Morgan fingerprint density at radius 1 is 1.12 bits per heavy atom. The van der Waals surface area contributed by atoms with E-state index in [2.05, 4.69) is 35.1 Å². The minimum atomic E-state index is -3.25. The molecule has 0 saturated carbocycles. The van der Waals surface area contributed by atoms with E-state index in [1.165, 1.54) is 10.8 Å². The second-order valence-corrected chi connectivity index (χ2v) is 8.54. The first-order valence-electron chi connectivity index (χ1n) is 8.57.